The molecule has 0 aromatic heterocycles. The van der Waals surface area contributed by atoms with Crippen LogP contribution < -0.4 is 10.6 Å². The molecule has 3 nitrogen and oxygen atoms in total. The third kappa shape index (κ3) is 3.05. The molecule has 0 aliphatic heterocycles. The van der Waals surface area contributed by atoms with Crippen molar-refractivity contribution in [3.05, 3.63) is 23.8 Å². The SMILES string of the molecule is CN(CC(F)(F)F)c1ccc(C#N)cc1N. The molecule has 0 aliphatic rings. The summed E-state index contributed by atoms with van der Waals surface area (Å²) in [6.07, 6.45) is -4.28. The fourth-order valence-corrected chi connectivity index (χ4v) is 1.33. The Morgan fingerprint density at radius 1 is 1.44 bits per heavy atom. The molecule has 2 N–H and O–H groups in total. The summed E-state index contributed by atoms with van der Waals surface area (Å²) >= 11 is 0. The molecule has 0 amide bonds. The van der Waals surface area contributed by atoms with Gasteiger partial charge in [-0.15, -0.1) is 0 Å². The minimum Gasteiger partial charge on any atom is -0.397 e. The number of nitrogen functional groups attached to an aromatic ring is 1. The highest BCUT2D eigenvalue weighted by Gasteiger charge is 2.29. The van der Waals surface area contributed by atoms with E-state index in [4.69, 9.17) is 11.0 Å². The van der Waals surface area contributed by atoms with Crippen molar-refractivity contribution in [2.75, 3.05) is 24.2 Å². The number of rotatable bonds is 2. The summed E-state index contributed by atoms with van der Waals surface area (Å²) in [7, 11) is 1.30. The summed E-state index contributed by atoms with van der Waals surface area (Å²) < 4.78 is 36.4. The highest BCUT2D eigenvalue weighted by atomic mass is 19.4. The first kappa shape index (κ1) is 12.2. The third-order valence-corrected chi connectivity index (χ3v) is 1.98. The fraction of sp³-hybridized carbons (Fsp3) is 0.300. The Morgan fingerprint density at radius 2 is 2.06 bits per heavy atom. The van der Waals surface area contributed by atoms with Gasteiger partial charge in [0, 0.05) is 7.05 Å². The van der Waals surface area contributed by atoms with Gasteiger partial charge in [0.05, 0.1) is 23.0 Å². The van der Waals surface area contributed by atoms with Crippen molar-refractivity contribution in [3.63, 3.8) is 0 Å². The molecule has 86 valence electrons. The van der Waals surface area contributed by atoms with Crippen molar-refractivity contribution >= 4 is 11.4 Å². The first-order valence-electron chi connectivity index (χ1n) is 4.41. The summed E-state index contributed by atoms with van der Waals surface area (Å²) in [5.74, 6) is 0. The minimum absolute atomic E-state index is 0.158. The van der Waals surface area contributed by atoms with Gasteiger partial charge in [-0.25, -0.2) is 0 Å². The van der Waals surface area contributed by atoms with Gasteiger partial charge < -0.3 is 10.6 Å². The largest absolute Gasteiger partial charge is 0.405 e. The molecule has 0 aliphatic carbocycles. The third-order valence-electron chi connectivity index (χ3n) is 1.98. The summed E-state index contributed by atoms with van der Waals surface area (Å²) in [5, 5.41) is 8.58. The van der Waals surface area contributed by atoms with Gasteiger partial charge in [-0.3, -0.25) is 0 Å². The molecule has 1 aromatic carbocycles. The van der Waals surface area contributed by atoms with E-state index < -0.39 is 12.7 Å². The van der Waals surface area contributed by atoms with Crippen LogP contribution in [0.25, 0.3) is 0 Å². The van der Waals surface area contributed by atoms with E-state index in [1.54, 1.807) is 0 Å². The van der Waals surface area contributed by atoms with Crippen LogP contribution in [0, 0.1) is 11.3 Å². The lowest BCUT2D eigenvalue weighted by molar-refractivity contribution is -0.119. The molecule has 0 atom stereocenters. The van der Waals surface area contributed by atoms with E-state index in [1.165, 1.54) is 25.2 Å². The fourth-order valence-electron chi connectivity index (χ4n) is 1.33. The summed E-state index contributed by atoms with van der Waals surface area (Å²) in [4.78, 5) is 0.997. The van der Waals surface area contributed by atoms with Crippen molar-refractivity contribution in [2.24, 2.45) is 0 Å². The quantitative estimate of drug-likeness (QED) is 0.790. The Bertz CT molecular complexity index is 420. The number of hydrogen-bond donors (Lipinski definition) is 1. The molecule has 6 heteroatoms. The van der Waals surface area contributed by atoms with Crippen molar-refractivity contribution < 1.29 is 13.2 Å². The van der Waals surface area contributed by atoms with Crippen LogP contribution in [0.1, 0.15) is 5.56 Å². The number of halogens is 3. The summed E-state index contributed by atoms with van der Waals surface area (Å²) in [6, 6.07) is 6.04. The first-order chi connectivity index (χ1) is 7.33. The molecule has 0 radical (unpaired) electrons. The van der Waals surface area contributed by atoms with Crippen molar-refractivity contribution in [1.82, 2.24) is 0 Å². The smallest absolute Gasteiger partial charge is 0.397 e. The van der Waals surface area contributed by atoms with E-state index >= 15 is 0 Å². The molecule has 0 spiro atoms. The summed E-state index contributed by atoms with van der Waals surface area (Å²) in [5.41, 5.74) is 6.30. The van der Waals surface area contributed by atoms with E-state index in [0.717, 1.165) is 4.90 Å². The zero-order valence-corrected chi connectivity index (χ0v) is 8.54. The Balaban J connectivity index is 2.93. The van der Waals surface area contributed by atoms with Gasteiger partial charge in [0.1, 0.15) is 6.54 Å². The second kappa shape index (κ2) is 4.31. The predicted molar refractivity (Wildman–Crippen MR) is 54.9 cm³/mol. The van der Waals surface area contributed by atoms with E-state index in [2.05, 4.69) is 0 Å². The lowest BCUT2D eigenvalue weighted by Crippen LogP contribution is -2.31. The maximum absolute atomic E-state index is 12.1. The number of benzene rings is 1. The molecule has 0 heterocycles. The lowest BCUT2D eigenvalue weighted by Gasteiger charge is -2.22. The Kier molecular flexibility index (Phi) is 3.28. The van der Waals surface area contributed by atoms with E-state index in [-0.39, 0.29) is 11.4 Å². The molecular formula is C10H10F3N3. The van der Waals surface area contributed by atoms with Gasteiger partial charge in [-0.2, -0.15) is 18.4 Å². The van der Waals surface area contributed by atoms with Crippen LogP contribution in [0.5, 0.6) is 0 Å². The maximum atomic E-state index is 12.1. The second-order valence-corrected chi connectivity index (χ2v) is 3.36. The van der Waals surface area contributed by atoms with Crippen LogP contribution in [0.3, 0.4) is 0 Å². The molecular weight excluding hydrogens is 219 g/mol. The molecule has 1 rings (SSSR count). The standard InChI is InChI=1S/C10H10F3N3/c1-16(6-10(11,12)13)9-3-2-7(5-14)4-8(9)15/h2-4H,6,15H2,1H3. The van der Waals surface area contributed by atoms with E-state index in [1.807, 2.05) is 6.07 Å². The lowest BCUT2D eigenvalue weighted by atomic mass is 10.2. The van der Waals surface area contributed by atoms with E-state index in [9.17, 15) is 13.2 Å². The number of anilines is 2. The van der Waals surface area contributed by atoms with Crippen LogP contribution >= 0.6 is 0 Å². The molecule has 0 fully saturated rings. The molecule has 0 saturated heterocycles. The van der Waals surface area contributed by atoms with Crippen molar-refractivity contribution in [3.8, 4) is 6.07 Å². The van der Waals surface area contributed by atoms with Gasteiger partial charge >= 0.3 is 6.18 Å². The van der Waals surface area contributed by atoms with Gasteiger partial charge in [-0.1, -0.05) is 0 Å². The zero-order chi connectivity index (χ0) is 12.3. The van der Waals surface area contributed by atoms with E-state index in [0.29, 0.717) is 5.56 Å². The number of nitrogens with zero attached hydrogens (tertiary/aromatic N) is 2. The van der Waals surface area contributed by atoms with Gasteiger partial charge in [0.25, 0.3) is 0 Å². The minimum atomic E-state index is -4.28. The van der Waals surface area contributed by atoms with Crippen LogP contribution in [0.15, 0.2) is 18.2 Å². The van der Waals surface area contributed by atoms with Crippen molar-refractivity contribution in [1.29, 1.82) is 5.26 Å². The Labute approximate surface area is 90.9 Å². The van der Waals surface area contributed by atoms with Crippen LogP contribution in [0.2, 0.25) is 0 Å². The number of hydrogen-bond acceptors (Lipinski definition) is 3. The molecule has 0 bridgehead atoms. The van der Waals surface area contributed by atoms with Gasteiger partial charge in [-0.05, 0) is 18.2 Å². The Hall–Kier alpha value is -1.90. The van der Waals surface area contributed by atoms with Crippen LogP contribution in [-0.4, -0.2) is 19.8 Å². The average molecular weight is 229 g/mol. The Morgan fingerprint density at radius 3 is 2.50 bits per heavy atom. The predicted octanol–water partition coefficient (Wildman–Crippen LogP) is 2.14. The molecule has 0 unspecified atom stereocenters. The molecule has 16 heavy (non-hydrogen) atoms. The van der Waals surface area contributed by atoms with Crippen molar-refractivity contribution in [2.45, 2.75) is 6.18 Å². The highest BCUT2D eigenvalue weighted by molar-refractivity contribution is 5.69. The van der Waals surface area contributed by atoms with Crippen LogP contribution in [-0.2, 0) is 0 Å². The van der Waals surface area contributed by atoms with Crippen LogP contribution in [0.4, 0.5) is 24.5 Å². The molecule has 0 saturated carbocycles. The maximum Gasteiger partial charge on any atom is 0.405 e. The normalized spacial score (nSPS) is 10.9. The average Bonchev–Trinajstić information content (AvgIpc) is 2.14. The number of alkyl halides is 3. The number of nitriles is 1. The monoisotopic (exact) mass is 229 g/mol. The molecule has 1 aromatic rings. The number of nitrogens with two attached hydrogens (primary N) is 1. The summed E-state index contributed by atoms with van der Waals surface area (Å²) in [6.45, 7) is -1.08. The zero-order valence-electron chi connectivity index (χ0n) is 8.54. The van der Waals surface area contributed by atoms with Gasteiger partial charge in [0.15, 0.2) is 0 Å². The highest BCUT2D eigenvalue weighted by Crippen LogP contribution is 2.26. The topological polar surface area (TPSA) is 53.0 Å². The first-order valence-corrected chi connectivity index (χ1v) is 4.41. The van der Waals surface area contributed by atoms with Gasteiger partial charge in [0.2, 0.25) is 0 Å². The second-order valence-electron chi connectivity index (χ2n) is 3.36.